The van der Waals surface area contributed by atoms with Crippen LogP contribution in [-0.2, 0) is 0 Å². The van der Waals surface area contributed by atoms with Gasteiger partial charge in [0.15, 0.2) is 0 Å². The van der Waals surface area contributed by atoms with E-state index in [4.69, 9.17) is 9.26 Å². The molecule has 0 aromatic carbocycles. The van der Waals surface area contributed by atoms with Gasteiger partial charge in [0.05, 0.1) is 0 Å². The van der Waals surface area contributed by atoms with Crippen molar-refractivity contribution in [2.24, 2.45) is 0 Å². The highest BCUT2D eigenvalue weighted by Crippen LogP contribution is 2.16. The number of aromatic nitrogens is 1. The zero-order chi connectivity index (χ0) is 8.48. The molecular formula is C8H13NO2. The summed E-state index contributed by atoms with van der Waals surface area (Å²) in [4.78, 5) is 0. The second kappa shape index (κ2) is 2.57. The van der Waals surface area contributed by atoms with E-state index in [2.05, 4.69) is 5.16 Å². The fraction of sp³-hybridized carbons (Fsp3) is 0.625. The van der Waals surface area contributed by atoms with Gasteiger partial charge in [-0.1, -0.05) is 0 Å². The molecule has 0 spiro atoms. The van der Waals surface area contributed by atoms with Crippen LogP contribution in [0.15, 0.2) is 10.6 Å². The Hall–Kier alpha value is -0.990. The Kier molecular flexibility index (Phi) is 1.89. The van der Waals surface area contributed by atoms with Crippen LogP contribution in [0.5, 0.6) is 5.88 Å². The van der Waals surface area contributed by atoms with Gasteiger partial charge in [-0.25, -0.2) is 0 Å². The van der Waals surface area contributed by atoms with Gasteiger partial charge in [-0.2, -0.15) is 0 Å². The number of aryl methyl sites for hydroxylation is 1. The van der Waals surface area contributed by atoms with Crippen LogP contribution in [0.1, 0.15) is 26.5 Å². The Bertz CT molecular complexity index is 234. The third-order valence-corrected chi connectivity index (χ3v) is 1.02. The quantitative estimate of drug-likeness (QED) is 0.623. The van der Waals surface area contributed by atoms with E-state index in [9.17, 15) is 0 Å². The highest BCUT2D eigenvalue weighted by Gasteiger charge is 2.13. The normalized spacial score (nSPS) is 11.6. The number of hydrogen-bond donors (Lipinski definition) is 0. The molecule has 0 aliphatic rings. The zero-order valence-corrected chi connectivity index (χ0v) is 7.34. The first-order valence-electron chi connectivity index (χ1n) is 3.60. The van der Waals surface area contributed by atoms with Crippen LogP contribution >= 0.6 is 0 Å². The topological polar surface area (TPSA) is 35.3 Å². The van der Waals surface area contributed by atoms with Gasteiger partial charge in [0.2, 0.25) is 0 Å². The maximum atomic E-state index is 5.42. The lowest BCUT2D eigenvalue weighted by atomic mass is 10.2. The lowest BCUT2D eigenvalue weighted by Gasteiger charge is -2.17. The molecule has 0 aliphatic heterocycles. The third kappa shape index (κ3) is 2.62. The summed E-state index contributed by atoms with van der Waals surface area (Å²) in [5.74, 6) is 1.32. The molecule has 3 heteroatoms. The highest BCUT2D eigenvalue weighted by molar-refractivity contribution is 5.10. The number of ether oxygens (including phenoxy) is 1. The van der Waals surface area contributed by atoms with E-state index in [0.29, 0.717) is 5.88 Å². The largest absolute Gasteiger partial charge is 0.470 e. The summed E-state index contributed by atoms with van der Waals surface area (Å²) in [6.07, 6.45) is 0. The number of hydrogen-bond acceptors (Lipinski definition) is 3. The lowest BCUT2D eigenvalue weighted by molar-refractivity contribution is 0.117. The van der Waals surface area contributed by atoms with Crippen LogP contribution in [0.25, 0.3) is 0 Å². The second-order valence-electron chi connectivity index (χ2n) is 3.49. The molecule has 1 aromatic heterocycles. The molecule has 0 N–H and O–H groups in total. The third-order valence-electron chi connectivity index (χ3n) is 1.02. The SMILES string of the molecule is Cc1cc(OC(C)(C)C)no1. The van der Waals surface area contributed by atoms with Gasteiger partial charge in [0.1, 0.15) is 11.4 Å². The van der Waals surface area contributed by atoms with E-state index in [1.807, 2.05) is 27.7 Å². The van der Waals surface area contributed by atoms with Crippen molar-refractivity contribution in [1.29, 1.82) is 0 Å². The first-order chi connectivity index (χ1) is 4.97. The molecule has 3 nitrogen and oxygen atoms in total. The van der Waals surface area contributed by atoms with Crippen molar-refractivity contribution in [3.05, 3.63) is 11.8 Å². The summed E-state index contributed by atoms with van der Waals surface area (Å²) in [5, 5.41) is 3.70. The van der Waals surface area contributed by atoms with E-state index >= 15 is 0 Å². The summed E-state index contributed by atoms with van der Waals surface area (Å²) >= 11 is 0. The molecule has 1 aromatic rings. The molecule has 1 rings (SSSR count). The van der Waals surface area contributed by atoms with Gasteiger partial charge < -0.3 is 9.26 Å². The van der Waals surface area contributed by atoms with Gasteiger partial charge in [0.25, 0.3) is 5.88 Å². The molecule has 62 valence electrons. The number of rotatable bonds is 1. The van der Waals surface area contributed by atoms with Gasteiger partial charge in [-0.05, 0) is 32.9 Å². The predicted molar refractivity (Wildman–Crippen MR) is 41.6 cm³/mol. The zero-order valence-electron chi connectivity index (χ0n) is 7.34. The van der Waals surface area contributed by atoms with Gasteiger partial charge in [-0.15, -0.1) is 0 Å². The van der Waals surface area contributed by atoms with Crippen molar-refractivity contribution in [2.45, 2.75) is 33.3 Å². The fourth-order valence-electron chi connectivity index (χ4n) is 0.705. The summed E-state index contributed by atoms with van der Waals surface area (Å²) < 4.78 is 10.3. The van der Waals surface area contributed by atoms with Gasteiger partial charge >= 0.3 is 0 Å². The lowest BCUT2D eigenvalue weighted by Crippen LogP contribution is -2.23. The van der Waals surface area contributed by atoms with Crippen LogP contribution in [0.2, 0.25) is 0 Å². The molecule has 0 atom stereocenters. The van der Waals surface area contributed by atoms with Crippen LogP contribution in [0.3, 0.4) is 0 Å². The molecular weight excluding hydrogens is 142 g/mol. The molecule has 11 heavy (non-hydrogen) atoms. The molecule has 0 fully saturated rings. The Morgan fingerprint density at radius 1 is 1.45 bits per heavy atom. The maximum Gasteiger partial charge on any atom is 0.254 e. The maximum absolute atomic E-state index is 5.42. The van der Waals surface area contributed by atoms with E-state index < -0.39 is 0 Å². The Labute approximate surface area is 66.3 Å². The van der Waals surface area contributed by atoms with E-state index in [-0.39, 0.29) is 5.60 Å². The first-order valence-corrected chi connectivity index (χ1v) is 3.60. The molecule has 0 radical (unpaired) electrons. The van der Waals surface area contributed by atoms with Crippen molar-refractivity contribution < 1.29 is 9.26 Å². The summed E-state index contributed by atoms with van der Waals surface area (Å²) in [5.41, 5.74) is -0.205. The van der Waals surface area contributed by atoms with Crippen molar-refractivity contribution in [3.63, 3.8) is 0 Å². The molecule has 1 heterocycles. The Morgan fingerprint density at radius 3 is 2.45 bits per heavy atom. The minimum absolute atomic E-state index is 0.205. The summed E-state index contributed by atoms with van der Waals surface area (Å²) in [6, 6.07) is 1.77. The monoisotopic (exact) mass is 155 g/mol. The van der Waals surface area contributed by atoms with Crippen LogP contribution in [0.4, 0.5) is 0 Å². The summed E-state index contributed by atoms with van der Waals surface area (Å²) in [6.45, 7) is 7.74. The van der Waals surface area contributed by atoms with Gasteiger partial charge in [0, 0.05) is 6.07 Å². The van der Waals surface area contributed by atoms with Crippen LogP contribution < -0.4 is 4.74 Å². The predicted octanol–water partition coefficient (Wildman–Crippen LogP) is 2.16. The average Bonchev–Trinajstić information content (AvgIpc) is 2.10. The minimum atomic E-state index is -0.205. The van der Waals surface area contributed by atoms with Crippen molar-refractivity contribution in [3.8, 4) is 5.88 Å². The van der Waals surface area contributed by atoms with Crippen molar-refractivity contribution in [1.82, 2.24) is 5.16 Å². The standard InChI is InChI=1S/C8H13NO2/c1-6-5-7(9-11-6)10-8(2,3)4/h5H,1-4H3. The summed E-state index contributed by atoms with van der Waals surface area (Å²) in [7, 11) is 0. The van der Waals surface area contributed by atoms with Gasteiger partial charge in [-0.3, -0.25) is 0 Å². The Morgan fingerprint density at radius 2 is 2.09 bits per heavy atom. The van der Waals surface area contributed by atoms with Crippen molar-refractivity contribution >= 4 is 0 Å². The van der Waals surface area contributed by atoms with Crippen molar-refractivity contribution in [2.75, 3.05) is 0 Å². The molecule has 0 unspecified atom stereocenters. The van der Waals surface area contributed by atoms with E-state index in [1.165, 1.54) is 0 Å². The second-order valence-corrected chi connectivity index (χ2v) is 3.49. The van der Waals surface area contributed by atoms with E-state index in [0.717, 1.165) is 5.76 Å². The molecule has 0 saturated heterocycles. The first kappa shape index (κ1) is 8.11. The molecule has 0 aliphatic carbocycles. The molecule has 0 bridgehead atoms. The van der Waals surface area contributed by atoms with Crippen LogP contribution in [-0.4, -0.2) is 10.8 Å². The average molecular weight is 155 g/mol. The van der Waals surface area contributed by atoms with Crippen LogP contribution in [0, 0.1) is 6.92 Å². The smallest absolute Gasteiger partial charge is 0.254 e. The minimum Gasteiger partial charge on any atom is -0.470 e. The number of nitrogens with zero attached hydrogens (tertiary/aromatic N) is 1. The Balaban J connectivity index is 2.65. The molecule has 0 saturated carbocycles. The highest BCUT2D eigenvalue weighted by atomic mass is 16.6. The molecule has 0 amide bonds. The van der Waals surface area contributed by atoms with E-state index in [1.54, 1.807) is 6.07 Å². The fourth-order valence-corrected chi connectivity index (χ4v) is 0.705.